The molecule has 0 aromatic carbocycles. The molecule has 2 saturated carbocycles. The molecule has 0 heterocycles. The van der Waals surface area contributed by atoms with Gasteiger partial charge in [0.1, 0.15) is 0 Å². The lowest BCUT2D eigenvalue weighted by atomic mass is 9.82. The lowest BCUT2D eigenvalue weighted by Gasteiger charge is -2.31. The summed E-state index contributed by atoms with van der Waals surface area (Å²) in [7, 11) is 4.35. The smallest absolute Gasteiger partial charge is 0.213 e. The molecule has 0 unspecified atom stereocenters. The van der Waals surface area contributed by atoms with Gasteiger partial charge in [-0.25, -0.2) is 0 Å². The van der Waals surface area contributed by atoms with Crippen LogP contribution in [0.4, 0.5) is 0 Å². The third-order valence-electron chi connectivity index (χ3n) is 5.17. The molecule has 0 aliphatic heterocycles. The fourth-order valence-corrected chi connectivity index (χ4v) is 3.63. The van der Waals surface area contributed by atoms with Crippen LogP contribution in [0, 0.1) is 22.0 Å². The molecule has 0 saturated heterocycles. The Hall–Kier alpha value is -0.900. The van der Waals surface area contributed by atoms with E-state index in [2.05, 4.69) is 31.1 Å². The van der Waals surface area contributed by atoms with Gasteiger partial charge in [0, 0.05) is 23.8 Å². The summed E-state index contributed by atoms with van der Waals surface area (Å²) in [5.74, 6) is 1.32. The zero-order chi connectivity index (χ0) is 14.5. The molecule has 114 valence electrons. The quantitative estimate of drug-likeness (QED) is 0.450. The Kier molecular flexibility index (Phi) is 5.58. The van der Waals surface area contributed by atoms with Gasteiger partial charge in [0.25, 0.3) is 0 Å². The van der Waals surface area contributed by atoms with E-state index in [0.717, 1.165) is 37.6 Å². The molecule has 0 spiro atoms. The molecule has 0 aromatic heterocycles. The van der Waals surface area contributed by atoms with E-state index in [-0.39, 0.29) is 11.0 Å². The lowest BCUT2D eigenvalue weighted by molar-refractivity contribution is -0.526. The molecule has 0 atom stereocenters. The highest BCUT2D eigenvalue weighted by atomic mass is 16.6. The standard InChI is InChI=1S/C16H28N2O2/c1-17(2)15-9-5-13(6-10-15)3-4-14-7-11-16(12-8-14)18(19)20/h3-4,13-16H,5-12H2,1-2H3/b4-3+. The predicted octanol–water partition coefficient (Wildman–Crippen LogP) is 3.50. The van der Waals surface area contributed by atoms with Gasteiger partial charge in [0.2, 0.25) is 6.04 Å². The van der Waals surface area contributed by atoms with E-state index < -0.39 is 0 Å². The van der Waals surface area contributed by atoms with Crippen LogP contribution in [-0.4, -0.2) is 36.0 Å². The molecule has 0 radical (unpaired) electrons. The zero-order valence-corrected chi connectivity index (χ0v) is 12.8. The summed E-state index contributed by atoms with van der Waals surface area (Å²) in [6.07, 6.45) is 13.5. The maximum atomic E-state index is 10.7. The van der Waals surface area contributed by atoms with Crippen LogP contribution in [0.15, 0.2) is 12.2 Å². The number of hydrogen-bond donors (Lipinski definition) is 0. The minimum absolute atomic E-state index is 0.0948. The number of rotatable bonds is 4. The average molecular weight is 280 g/mol. The topological polar surface area (TPSA) is 46.4 Å². The molecule has 0 aromatic rings. The molecule has 4 heteroatoms. The first-order chi connectivity index (χ1) is 9.56. The lowest BCUT2D eigenvalue weighted by Crippen LogP contribution is -2.31. The maximum absolute atomic E-state index is 10.7. The molecular weight excluding hydrogens is 252 g/mol. The van der Waals surface area contributed by atoms with Gasteiger partial charge in [-0.05, 0) is 64.5 Å². The van der Waals surface area contributed by atoms with E-state index in [1.807, 2.05) is 0 Å². The van der Waals surface area contributed by atoms with Gasteiger partial charge >= 0.3 is 0 Å². The molecule has 0 bridgehead atoms. The van der Waals surface area contributed by atoms with Gasteiger partial charge in [-0.3, -0.25) is 10.1 Å². The molecule has 0 N–H and O–H groups in total. The highest BCUT2D eigenvalue weighted by Gasteiger charge is 2.27. The predicted molar refractivity (Wildman–Crippen MR) is 81.3 cm³/mol. The third-order valence-corrected chi connectivity index (χ3v) is 5.17. The molecule has 2 fully saturated rings. The first kappa shape index (κ1) is 15.5. The third kappa shape index (κ3) is 4.30. The van der Waals surface area contributed by atoms with E-state index in [0.29, 0.717) is 5.92 Å². The van der Waals surface area contributed by atoms with Crippen LogP contribution in [0.25, 0.3) is 0 Å². The van der Waals surface area contributed by atoms with Gasteiger partial charge in [0.05, 0.1) is 0 Å². The van der Waals surface area contributed by atoms with Crippen molar-refractivity contribution in [3.63, 3.8) is 0 Å². The Morgan fingerprint density at radius 2 is 1.35 bits per heavy atom. The van der Waals surface area contributed by atoms with E-state index in [4.69, 9.17) is 0 Å². The van der Waals surface area contributed by atoms with Crippen LogP contribution in [0.3, 0.4) is 0 Å². The largest absolute Gasteiger partial charge is 0.306 e. The van der Waals surface area contributed by atoms with Crippen molar-refractivity contribution >= 4 is 0 Å². The fraction of sp³-hybridized carbons (Fsp3) is 0.875. The minimum atomic E-state index is -0.282. The Balaban J connectivity index is 1.71. The van der Waals surface area contributed by atoms with Crippen LogP contribution >= 0.6 is 0 Å². The summed E-state index contributed by atoms with van der Waals surface area (Å²) in [6, 6.07) is 0.477. The van der Waals surface area contributed by atoms with Crippen LogP contribution in [-0.2, 0) is 0 Å². The second-order valence-corrected chi connectivity index (χ2v) is 6.77. The van der Waals surface area contributed by atoms with Crippen molar-refractivity contribution in [2.45, 2.75) is 63.5 Å². The minimum Gasteiger partial charge on any atom is -0.306 e. The van der Waals surface area contributed by atoms with Crippen molar-refractivity contribution in [1.29, 1.82) is 0 Å². The van der Waals surface area contributed by atoms with Crippen molar-refractivity contribution in [2.24, 2.45) is 11.8 Å². The van der Waals surface area contributed by atoms with Crippen molar-refractivity contribution < 1.29 is 4.92 Å². The van der Waals surface area contributed by atoms with Gasteiger partial charge in [-0.2, -0.15) is 0 Å². The Morgan fingerprint density at radius 3 is 1.75 bits per heavy atom. The zero-order valence-electron chi connectivity index (χ0n) is 12.8. The van der Waals surface area contributed by atoms with Crippen molar-refractivity contribution in [3.8, 4) is 0 Å². The number of nitrogens with zero attached hydrogens (tertiary/aromatic N) is 2. The Bertz CT molecular complexity index is 338. The molecular formula is C16H28N2O2. The van der Waals surface area contributed by atoms with Crippen molar-refractivity contribution in [3.05, 3.63) is 22.3 Å². The van der Waals surface area contributed by atoms with Crippen LogP contribution in [0.5, 0.6) is 0 Å². The first-order valence-corrected chi connectivity index (χ1v) is 8.04. The van der Waals surface area contributed by atoms with Crippen molar-refractivity contribution in [1.82, 2.24) is 4.90 Å². The van der Waals surface area contributed by atoms with E-state index in [1.54, 1.807) is 0 Å². The average Bonchev–Trinajstić information content (AvgIpc) is 2.46. The Morgan fingerprint density at radius 1 is 0.900 bits per heavy atom. The molecule has 2 aliphatic rings. The molecule has 20 heavy (non-hydrogen) atoms. The van der Waals surface area contributed by atoms with Gasteiger partial charge < -0.3 is 4.90 Å². The summed E-state index contributed by atoms with van der Waals surface area (Å²) >= 11 is 0. The second kappa shape index (κ2) is 7.21. The SMILES string of the molecule is CN(C)C1CCC(/C=C/C2CCC([N+](=O)[O-])CC2)CC1. The molecule has 4 nitrogen and oxygen atoms in total. The summed E-state index contributed by atoms with van der Waals surface area (Å²) < 4.78 is 0. The summed E-state index contributed by atoms with van der Waals surface area (Å²) in [5.41, 5.74) is 0. The Labute approximate surface area is 122 Å². The number of allylic oxidation sites excluding steroid dienone is 2. The fourth-order valence-electron chi connectivity index (χ4n) is 3.63. The highest BCUT2D eigenvalue weighted by Crippen LogP contribution is 2.30. The first-order valence-electron chi connectivity index (χ1n) is 8.04. The van der Waals surface area contributed by atoms with Gasteiger partial charge in [0.15, 0.2) is 0 Å². The summed E-state index contributed by atoms with van der Waals surface area (Å²) in [5, 5.41) is 10.7. The van der Waals surface area contributed by atoms with Gasteiger partial charge in [-0.15, -0.1) is 0 Å². The molecule has 0 amide bonds. The number of nitro groups is 1. The van der Waals surface area contributed by atoms with E-state index in [9.17, 15) is 10.1 Å². The number of hydrogen-bond acceptors (Lipinski definition) is 3. The van der Waals surface area contributed by atoms with Crippen molar-refractivity contribution in [2.75, 3.05) is 14.1 Å². The molecule has 2 aliphatic carbocycles. The van der Waals surface area contributed by atoms with Crippen LogP contribution < -0.4 is 0 Å². The van der Waals surface area contributed by atoms with Crippen LogP contribution in [0.1, 0.15) is 51.4 Å². The molecule has 2 rings (SSSR count). The summed E-state index contributed by atoms with van der Waals surface area (Å²) in [6.45, 7) is 0. The van der Waals surface area contributed by atoms with Crippen LogP contribution in [0.2, 0.25) is 0 Å². The second-order valence-electron chi connectivity index (χ2n) is 6.77. The van der Waals surface area contributed by atoms with E-state index >= 15 is 0 Å². The highest BCUT2D eigenvalue weighted by molar-refractivity contribution is 4.96. The monoisotopic (exact) mass is 280 g/mol. The summed E-state index contributed by atoms with van der Waals surface area (Å²) in [4.78, 5) is 13.0. The van der Waals surface area contributed by atoms with Gasteiger partial charge in [-0.1, -0.05) is 12.2 Å². The maximum Gasteiger partial charge on any atom is 0.213 e. The van der Waals surface area contributed by atoms with E-state index in [1.165, 1.54) is 25.7 Å². The normalized spacial score (nSPS) is 35.5.